The van der Waals surface area contributed by atoms with Crippen molar-refractivity contribution >= 4 is 15.6 Å². The topological polar surface area (TPSA) is 117 Å². The minimum Gasteiger partial charge on any atom is -0.756 e. The van der Waals surface area contributed by atoms with Crippen molar-refractivity contribution in [1.29, 1.82) is 0 Å². The third kappa shape index (κ3) is 34.8. The molecule has 0 aliphatic heterocycles. The maximum atomic E-state index is 11.3. The summed E-state index contributed by atoms with van der Waals surface area (Å²) in [5.74, 6) is 0. The Bertz CT molecular complexity index is 432. The smallest absolute Gasteiger partial charge is 0.756 e. The molecule has 0 amide bonds. The zero-order chi connectivity index (χ0) is 26.0. The Hall–Kier alpha value is 0.752. The Morgan fingerprint density at radius 2 is 0.629 bits per heavy atom. The molecule has 0 atom stereocenters. The summed E-state index contributed by atoms with van der Waals surface area (Å²) >= 11 is 0. The van der Waals surface area contributed by atoms with Gasteiger partial charge in [-0.25, -0.2) is 0 Å². The molecule has 0 saturated carbocycles. The van der Waals surface area contributed by atoms with Gasteiger partial charge in [0.2, 0.25) is 0 Å². The van der Waals surface area contributed by atoms with Gasteiger partial charge in [-0.2, -0.15) is 0 Å². The van der Waals surface area contributed by atoms with Crippen molar-refractivity contribution in [2.75, 3.05) is 26.4 Å². The molecule has 0 bridgehead atoms. The third-order valence-corrected chi connectivity index (χ3v) is 6.98. The molecule has 8 nitrogen and oxygen atoms in total. The number of phosphoric acid groups is 2. The molecular weight excluding hydrogens is 530 g/mol. The summed E-state index contributed by atoms with van der Waals surface area (Å²) in [4.78, 5) is 22.6. The fourth-order valence-corrected chi connectivity index (χ4v) is 4.46. The standard InChI is InChI=1S/2C12H27O4P.Cr/c2*1-3-5-7-9-11-15-17(13,14)16-12-10-8-6-4-2;/h2*3-12H2,1-2H3,(H,13,14);/q;;+2/p-2. The first kappa shape index (κ1) is 40.3. The average Bonchev–Trinajstić information content (AvgIpc) is 2.79. The van der Waals surface area contributed by atoms with E-state index in [4.69, 9.17) is 18.1 Å². The quantitative estimate of drug-likeness (QED) is 0.0860. The molecule has 0 spiro atoms. The number of hydrogen-bond acceptors (Lipinski definition) is 8. The largest absolute Gasteiger partial charge is 2.00 e. The van der Waals surface area contributed by atoms with Gasteiger partial charge in [-0.3, -0.25) is 9.13 Å². The monoisotopic (exact) mass is 582 g/mol. The van der Waals surface area contributed by atoms with Gasteiger partial charge in [-0.15, -0.1) is 0 Å². The van der Waals surface area contributed by atoms with Crippen LogP contribution in [0.2, 0.25) is 0 Å². The van der Waals surface area contributed by atoms with Crippen molar-refractivity contribution in [3.63, 3.8) is 0 Å². The molecule has 0 unspecified atom stereocenters. The molecule has 212 valence electrons. The van der Waals surface area contributed by atoms with E-state index in [9.17, 15) is 18.9 Å². The van der Waals surface area contributed by atoms with Gasteiger partial charge in [0, 0.05) is 0 Å². The van der Waals surface area contributed by atoms with E-state index in [-0.39, 0.29) is 43.8 Å². The van der Waals surface area contributed by atoms with Gasteiger partial charge >= 0.3 is 17.4 Å². The van der Waals surface area contributed by atoms with E-state index in [1.165, 1.54) is 0 Å². The minimum atomic E-state index is -4.04. The molecule has 0 fully saturated rings. The Kier molecular flexibility index (Phi) is 33.7. The van der Waals surface area contributed by atoms with Gasteiger partial charge in [0.25, 0.3) is 15.6 Å². The maximum absolute atomic E-state index is 11.3. The molecule has 0 N–H and O–H groups in total. The average molecular weight is 583 g/mol. The fraction of sp³-hybridized carbons (Fsp3) is 1.00. The molecular formula is C24H52CrO8P2. The maximum Gasteiger partial charge on any atom is 2.00 e. The summed E-state index contributed by atoms with van der Waals surface area (Å²) in [7, 11) is -8.08. The second-order valence-electron chi connectivity index (χ2n) is 8.47. The van der Waals surface area contributed by atoms with Crippen LogP contribution in [0.25, 0.3) is 0 Å². The summed E-state index contributed by atoms with van der Waals surface area (Å²) in [6, 6.07) is 0. The van der Waals surface area contributed by atoms with E-state index >= 15 is 0 Å². The normalized spacial score (nSPS) is 11.6. The first-order valence-electron chi connectivity index (χ1n) is 13.4. The molecule has 11 heteroatoms. The van der Waals surface area contributed by atoms with Crippen LogP contribution in [-0.2, 0) is 44.6 Å². The Labute approximate surface area is 226 Å². The molecule has 0 aliphatic rings. The molecule has 35 heavy (non-hydrogen) atoms. The molecule has 0 saturated heterocycles. The number of unbranched alkanes of at least 4 members (excludes halogenated alkanes) is 12. The van der Waals surface area contributed by atoms with Crippen LogP contribution in [0.5, 0.6) is 0 Å². The Balaban J connectivity index is -0.000000569. The molecule has 0 radical (unpaired) electrons. The zero-order valence-electron chi connectivity index (χ0n) is 22.7. The van der Waals surface area contributed by atoms with Crippen molar-refractivity contribution in [2.45, 2.75) is 130 Å². The Morgan fingerprint density at radius 1 is 0.429 bits per heavy atom. The third-order valence-electron chi connectivity index (χ3n) is 4.99. The van der Waals surface area contributed by atoms with Crippen LogP contribution in [0.15, 0.2) is 0 Å². The van der Waals surface area contributed by atoms with Gasteiger partial charge in [0.1, 0.15) is 0 Å². The van der Waals surface area contributed by atoms with Crippen LogP contribution in [0.3, 0.4) is 0 Å². The number of hydrogen-bond donors (Lipinski definition) is 0. The second kappa shape index (κ2) is 29.3. The van der Waals surface area contributed by atoms with Gasteiger partial charge in [0.05, 0.1) is 26.4 Å². The fourth-order valence-electron chi connectivity index (χ4n) is 2.90. The SMILES string of the molecule is CCCCCCOP(=O)([O-])OCCCCCC.CCCCCCOP(=O)([O-])OCCCCCC.[Cr+2]. The number of phosphoric ester groups is 2. The van der Waals surface area contributed by atoms with Gasteiger partial charge in [-0.05, 0) is 25.7 Å². The van der Waals surface area contributed by atoms with E-state index in [0.717, 1.165) is 103 Å². The first-order valence-corrected chi connectivity index (χ1v) is 16.4. The molecule has 0 aromatic rings. The van der Waals surface area contributed by atoms with Crippen LogP contribution in [0, 0.1) is 0 Å². The van der Waals surface area contributed by atoms with E-state index in [1.54, 1.807) is 0 Å². The first-order chi connectivity index (χ1) is 16.2. The van der Waals surface area contributed by atoms with Gasteiger partial charge in [0.15, 0.2) is 0 Å². The van der Waals surface area contributed by atoms with Crippen molar-refractivity contribution in [3.05, 3.63) is 0 Å². The predicted octanol–water partition coefficient (Wildman–Crippen LogP) is 7.29. The van der Waals surface area contributed by atoms with E-state index in [0.29, 0.717) is 0 Å². The van der Waals surface area contributed by atoms with Crippen LogP contribution in [0.4, 0.5) is 0 Å². The number of rotatable bonds is 24. The summed E-state index contributed by atoms with van der Waals surface area (Å²) in [6.45, 7) is 9.42. The second-order valence-corrected chi connectivity index (χ2v) is 11.3. The van der Waals surface area contributed by atoms with Crippen LogP contribution < -0.4 is 9.79 Å². The molecule has 0 heterocycles. The molecule has 0 aromatic heterocycles. The van der Waals surface area contributed by atoms with E-state index in [2.05, 4.69) is 27.7 Å². The summed E-state index contributed by atoms with van der Waals surface area (Å²) in [5, 5.41) is 0. The zero-order valence-corrected chi connectivity index (χ0v) is 25.8. The van der Waals surface area contributed by atoms with E-state index < -0.39 is 15.6 Å². The molecule has 0 rings (SSSR count). The Morgan fingerprint density at radius 3 is 0.800 bits per heavy atom. The summed E-state index contributed by atoms with van der Waals surface area (Å²) < 4.78 is 41.6. The van der Waals surface area contributed by atoms with Crippen LogP contribution in [0.1, 0.15) is 130 Å². The molecule has 0 aliphatic carbocycles. The summed E-state index contributed by atoms with van der Waals surface area (Å²) in [5.41, 5.74) is 0. The van der Waals surface area contributed by atoms with Crippen molar-refractivity contribution in [3.8, 4) is 0 Å². The van der Waals surface area contributed by atoms with Crippen molar-refractivity contribution in [1.82, 2.24) is 0 Å². The van der Waals surface area contributed by atoms with Gasteiger partial charge < -0.3 is 27.9 Å². The van der Waals surface area contributed by atoms with Crippen molar-refractivity contribution in [2.24, 2.45) is 0 Å². The molecule has 0 aromatic carbocycles. The van der Waals surface area contributed by atoms with Crippen LogP contribution in [-0.4, -0.2) is 26.4 Å². The summed E-state index contributed by atoms with van der Waals surface area (Å²) in [6.07, 6.45) is 16.1. The van der Waals surface area contributed by atoms with Crippen molar-refractivity contribution < 1.29 is 54.4 Å². The predicted molar refractivity (Wildman–Crippen MR) is 136 cm³/mol. The van der Waals surface area contributed by atoms with E-state index in [1.807, 2.05) is 0 Å². The minimum absolute atomic E-state index is 0. The van der Waals surface area contributed by atoms with Crippen LogP contribution >= 0.6 is 15.6 Å². The van der Waals surface area contributed by atoms with Gasteiger partial charge in [-0.1, -0.05) is 105 Å².